The summed E-state index contributed by atoms with van der Waals surface area (Å²) in [5.41, 5.74) is 0.631. The maximum atomic E-state index is 14.4. The highest BCUT2D eigenvalue weighted by Gasteiger charge is 2.41. The van der Waals surface area contributed by atoms with Crippen molar-refractivity contribution in [3.63, 3.8) is 0 Å². The van der Waals surface area contributed by atoms with Crippen molar-refractivity contribution in [1.82, 2.24) is 9.88 Å². The molecule has 160 valence electrons. The van der Waals surface area contributed by atoms with Gasteiger partial charge < -0.3 is 9.26 Å². The first kappa shape index (κ1) is 21.8. The van der Waals surface area contributed by atoms with Gasteiger partial charge in [0, 0.05) is 43.0 Å². The topological polar surface area (TPSA) is 84.6 Å². The fraction of sp³-hybridized carbons (Fsp3) is 0.526. The van der Waals surface area contributed by atoms with Crippen LogP contribution >= 0.6 is 0 Å². The van der Waals surface area contributed by atoms with E-state index in [9.17, 15) is 17.4 Å². The van der Waals surface area contributed by atoms with Crippen LogP contribution in [-0.4, -0.2) is 33.0 Å². The van der Waals surface area contributed by atoms with Crippen molar-refractivity contribution < 1.29 is 31.2 Å². The Morgan fingerprint density at radius 3 is 2.83 bits per heavy atom. The molecular formula is C19H23F3N2O4S. The molecule has 1 aliphatic carbocycles. The molecule has 1 fully saturated rings. The summed E-state index contributed by atoms with van der Waals surface area (Å²) >= 11 is -2.13. The predicted octanol–water partition coefficient (Wildman–Crippen LogP) is 4.34. The van der Waals surface area contributed by atoms with Crippen LogP contribution in [0.25, 0.3) is 11.3 Å². The third-order valence-electron chi connectivity index (χ3n) is 5.16. The minimum atomic E-state index is -2.77. The summed E-state index contributed by atoms with van der Waals surface area (Å²) in [5, 5.41) is 3.78. The third kappa shape index (κ3) is 6.03. The molecule has 1 aromatic carbocycles. The summed E-state index contributed by atoms with van der Waals surface area (Å²) in [4.78, 5) is 0. The maximum Gasteiger partial charge on any atom is 0.248 e. The summed E-state index contributed by atoms with van der Waals surface area (Å²) in [6, 6.07) is 5.89. The first-order chi connectivity index (χ1) is 13.7. The lowest BCUT2D eigenvalue weighted by atomic mass is 9.76. The molecule has 0 radical (unpaired) electrons. The molecule has 1 saturated carbocycles. The molecule has 0 amide bonds. The van der Waals surface area contributed by atoms with Crippen LogP contribution in [-0.2, 0) is 11.3 Å². The Kier molecular flexibility index (Phi) is 6.97. The lowest BCUT2D eigenvalue weighted by molar-refractivity contribution is -0.0776. The molecule has 2 N–H and O–H groups in total. The Hall–Kier alpha value is -1.91. The lowest BCUT2D eigenvalue weighted by Gasteiger charge is -2.36. The number of ether oxygens (including phenoxy) is 1. The summed E-state index contributed by atoms with van der Waals surface area (Å²) in [6.07, 6.45) is 0.254. The maximum absolute atomic E-state index is 14.4. The van der Waals surface area contributed by atoms with Crippen molar-refractivity contribution in [1.29, 1.82) is 0 Å². The van der Waals surface area contributed by atoms with Crippen LogP contribution < -0.4 is 9.46 Å². The van der Waals surface area contributed by atoms with E-state index >= 15 is 0 Å². The van der Waals surface area contributed by atoms with Gasteiger partial charge in [-0.1, -0.05) is 5.16 Å². The molecule has 0 bridgehead atoms. The summed E-state index contributed by atoms with van der Waals surface area (Å²) in [7, 11) is 0. The second-order valence-electron chi connectivity index (χ2n) is 7.33. The number of hydrogen-bond acceptors (Lipinski definition) is 4. The minimum Gasteiger partial charge on any atom is -0.493 e. The largest absolute Gasteiger partial charge is 0.493 e. The molecule has 3 rings (SSSR count). The van der Waals surface area contributed by atoms with Gasteiger partial charge in [-0.05, 0) is 37.8 Å². The SMILES string of the molecule is Cc1cc(-c2ccc(OC[C@@H]3CC(F)(F)CC[C@H]3CCNS(=O)O)cc2F)no1. The molecule has 2 aromatic rings. The molecule has 0 spiro atoms. The summed E-state index contributed by atoms with van der Waals surface area (Å²) < 4.78 is 74.6. The highest BCUT2D eigenvalue weighted by molar-refractivity contribution is 7.77. The van der Waals surface area contributed by atoms with E-state index in [1.54, 1.807) is 19.1 Å². The summed E-state index contributed by atoms with van der Waals surface area (Å²) in [5.74, 6) is -3.02. The van der Waals surface area contributed by atoms with E-state index in [0.29, 0.717) is 24.3 Å². The van der Waals surface area contributed by atoms with E-state index in [1.807, 2.05) is 0 Å². The van der Waals surface area contributed by atoms with Gasteiger partial charge in [0.25, 0.3) is 0 Å². The van der Waals surface area contributed by atoms with Crippen molar-refractivity contribution in [2.75, 3.05) is 13.2 Å². The highest BCUT2D eigenvalue weighted by Crippen LogP contribution is 2.41. The fourth-order valence-corrected chi connectivity index (χ4v) is 3.97. The van der Waals surface area contributed by atoms with E-state index in [4.69, 9.17) is 13.8 Å². The van der Waals surface area contributed by atoms with Crippen LogP contribution in [0.15, 0.2) is 28.8 Å². The normalized spacial score (nSPS) is 22.4. The molecule has 0 aliphatic heterocycles. The van der Waals surface area contributed by atoms with Gasteiger partial charge in [-0.2, -0.15) is 0 Å². The van der Waals surface area contributed by atoms with E-state index < -0.39 is 28.9 Å². The molecule has 1 unspecified atom stereocenters. The number of aromatic nitrogens is 1. The molecule has 1 heterocycles. The standard InChI is InChI=1S/C19H23F3N2O4S/c1-12-8-18(24-28-12)16-3-2-15(9-17(16)20)27-11-14-10-19(21,22)6-4-13(14)5-7-23-29(25)26/h2-3,8-9,13-14,23H,4-7,10-11H2,1H3,(H,25,26)/t13-,14-/m0/s1. The summed E-state index contributed by atoms with van der Waals surface area (Å²) in [6.45, 7) is 1.97. The Morgan fingerprint density at radius 1 is 1.38 bits per heavy atom. The van der Waals surface area contributed by atoms with Crippen molar-refractivity contribution in [2.24, 2.45) is 11.8 Å². The first-order valence-corrected chi connectivity index (χ1v) is 10.4. The van der Waals surface area contributed by atoms with Crippen LogP contribution in [0, 0.1) is 24.6 Å². The number of hydrogen-bond donors (Lipinski definition) is 2. The molecule has 10 heteroatoms. The van der Waals surface area contributed by atoms with Gasteiger partial charge in [0.2, 0.25) is 17.2 Å². The monoisotopic (exact) mass is 432 g/mol. The van der Waals surface area contributed by atoms with E-state index in [2.05, 4.69) is 9.88 Å². The Balaban J connectivity index is 1.63. The predicted molar refractivity (Wildman–Crippen MR) is 101 cm³/mol. The van der Waals surface area contributed by atoms with E-state index in [-0.39, 0.29) is 43.2 Å². The quantitative estimate of drug-likeness (QED) is 0.607. The van der Waals surface area contributed by atoms with Gasteiger partial charge in [-0.15, -0.1) is 0 Å². The number of nitrogens with one attached hydrogen (secondary N) is 1. The molecule has 1 aromatic heterocycles. The Bertz CT molecular complexity index is 862. The van der Waals surface area contributed by atoms with Gasteiger partial charge in [-0.25, -0.2) is 22.1 Å². The number of halogens is 3. The smallest absolute Gasteiger partial charge is 0.248 e. The molecule has 6 nitrogen and oxygen atoms in total. The first-order valence-electron chi connectivity index (χ1n) is 9.32. The number of nitrogens with zero attached hydrogens (tertiary/aromatic N) is 1. The molecule has 1 aliphatic rings. The van der Waals surface area contributed by atoms with Gasteiger partial charge in [0.15, 0.2) is 0 Å². The van der Waals surface area contributed by atoms with E-state index in [0.717, 1.165) is 0 Å². The van der Waals surface area contributed by atoms with Crippen LogP contribution in [0.4, 0.5) is 13.2 Å². The fourth-order valence-electron chi connectivity index (χ4n) is 3.68. The van der Waals surface area contributed by atoms with E-state index in [1.165, 1.54) is 12.1 Å². The molecule has 29 heavy (non-hydrogen) atoms. The number of rotatable bonds is 8. The second-order valence-corrected chi connectivity index (χ2v) is 8.11. The minimum absolute atomic E-state index is 0.0182. The highest BCUT2D eigenvalue weighted by atomic mass is 32.2. The zero-order valence-corrected chi connectivity index (χ0v) is 16.7. The van der Waals surface area contributed by atoms with Crippen LogP contribution in [0.1, 0.15) is 31.4 Å². The van der Waals surface area contributed by atoms with Crippen LogP contribution in [0.2, 0.25) is 0 Å². The number of benzene rings is 1. The van der Waals surface area contributed by atoms with Crippen molar-refractivity contribution in [3.8, 4) is 17.0 Å². The number of aryl methyl sites for hydroxylation is 1. The van der Waals surface area contributed by atoms with Gasteiger partial charge in [0.05, 0.1) is 6.61 Å². The Morgan fingerprint density at radius 2 is 2.17 bits per heavy atom. The third-order valence-corrected chi connectivity index (χ3v) is 5.61. The van der Waals surface area contributed by atoms with Crippen LogP contribution in [0.5, 0.6) is 5.75 Å². The molecular weight excluding hydrogens is 409 g/mol. The zero-order chi connectivity index (χ0) is 21.0. The van der Waals surface area contributed by atoms with Gasteiger partial charge in [0.1, 0.15) is 23.0 Å². The zero-order valence-electron chi connectivity index (χ0n) is 15.9. The molecule has 3 atom stereocenters. The van der Waals surface area contributed by atoms with Gasteiger partial charge in [-0.3, -0.25) is 4.55 Å². The molecule has 0 saturated heterocycles. The Labute approximate surface area is 169 Å². The average molecular weight is 432 g/mol. The lowest BCUT2D eigenvalue weighted by Crippen LogP contribution is -2.37. The van der Waals surface area contributed by atoms with Crippen molar-refractivity contribution in [2.45, 2.75) is 38.5 Å². The van der Waals surface area contributed by atoms with Crippen molar-refractivity contribution in [3.05, 3.63) is 35.8 Å². The van der Waals surface area contributed by atoms with Crippen molar-refractivity contribution >= 4 is 11.3 Å². The number of alkyl halides is 2. The van der Waals surface area contributed by atoms with Crippen LogP contribution in [0.3, 0.4) is 0 Å². The second kappa shape index (κ2) is 9.27. The van der Waals surface area contributed by atoms with Gasteiger partial charge >= 0.3 is 0 Å². The average Bonchev–Trinajstić information content (AvgIpc) is 3.07.